The van der Waals surface area contributed by atoms with Crippen LogP contribution in [-0.2, 0) is 6.42 Å². The monoisotopic (exact) mass is 337 g/mol. The maximum absolute atomic E-state index is 13.2. The van der Waals surface area contributed by atoms with Crippen molar-refractivity contribution in [2.24, 2.45) is 5.73 Å². The van der Waals surface area contributed by atoms with Gasteiger partial charge in [-0.15, -0.1) is 0 Å². The van der Waals surface area contributed by atoms with E-state index in [0.29, 0.717) is 17.5 Å². The first-order chi connectivity index (χ1) is 9.60. The lowest BCUT2D eigenvalue weighted by Gasteiger charge is -2.13. The summed E-state index contributed by atoms with van der Waals surface area (Å²) in [4.78, 5) is 0. The molecule has 0 saturated carbocycles. The van der Waals surface area contributed by atoms with Gasteiger partial charge >= 0.3 is 0 Å². The zero-order chi connectivity index (χ0) is 14.5. The van der Waals surface area contributed by atoms with Crippen LogP contribution in [0.3, 0.4) is 0 Å². The van der Waals surface area contributed by atoms with Gasteiger partial charge in [0.05, 0.1) is 11.1 Å². The number of benzene rings is 2. The van der Waals surface area contributed by atoms with Gasteiger partial charge in [-0.05, 0) is 64.7 Å². The van der Waals surface area contributed by atoms with E-state index in [9.17, 15) is 4.39 Å². The second-order valence-electron chi connectivity index (χ2n) is 4.56. The molecule has 2 aromatic carbocycles. The van der Waals surface area contributed by atoms with E-state index in [1.54, 1.807) is 12.1 Å². The largest absolute Gasteiger partial charge is 0.494 e. The molecule has 2 nitrogen and oxygen atoms in total. The van der Waals surface area contributed by atoms with Crippen LogP contribution < -0.4 is 10.5 Å². The SMILES string of the molecule is CCOc1ccc(C(N)Cc2ccc(F)c(Br)c2)cc1. The molecule has 0 aliphatic rings. The van der Waals surface area contributed by atoms with Gasteiger partial charge in [-0.1, -0.05) is 18.2 Å². The van der Waals surface area contributed by atoms with Gasteiger partial charge < -0.3 is 10.5 Å². The highest BCUT2D eigenvalue weighted by atomic mass is 79.9. The van der Waals surface area contributed by atoms with Crippen LogP contribution in [0.1, 0.15) is 24.1 Å². The van der Waals surface area contributed by atoms with Crippen molar-refractivity contribution in [3.63, 3.8) is 0 Å². The van der Waals surface area contributed by atoms with E-state index in [-0.39, 0.29) is 11.9 Å². The van der Waals surface area contributed by atoms with Crippen LogP contribution >= 0.6 is 15.9 Å². The second kappa shape index (κ2) is 6.86. The lowest BCUT2D eigenvalue weighted by atomic mass is 10.00. The molecule has 0 radical (unpaired) electrons. The Morgan fingerprint density at radius 3 is 2.50 bits per heavy atom. The Kier molecular flexibility index (Phi) is 5.15. The van der Waals surface area contributed by atoms with Crippen LogP contribution in [-0.4, -0.2) is 6.61 Å². The van der Waals surface area contributed by atoms with Crippen molar-refractivity contribution in [1.29, 1.82) is 0 Å². The topological polar surface area (TPSA) is 35.2 Å². The number of hydrogen-bond acceptors (Lipinski definition) is 2. The van der Waals surface area contributed by atoms with Crippen LogP contribution in [0, 0.1) is 5.82 Å². The molecule has 2 N–H and O–H groups in total. The molecule has 0 aromatic heterocycles. The van der Waals surface area contributed by atoms with Crippen LogP contribution in [0.25, 0.3) is 0 Å². The van der Waals surface area contributed by atoms with Crippen molar-refractivity contribution in [1.82, 2.24) is 0 Å². The summed E-state index contributed by atoms with van der Waals surface area (Å²) in [7, 11) is 0. The fraction of sp³-hybridized carbons (Fsp3) is 0.250. The minimum absolute atomic E-state index is 0.122. The molecule has 0 heterocycles. The fourth-order valence-electron chi connectivity index (χ4n) is 2.02. The highest BCUT2D eigenvalue weighted by Gasteiger charge is 2.09. The average Bonchev–Trinajstić information content (AvgIpc) is 2.44. The molecule has 0 aliphatic heterocycles. The highest BCUT2D eigenvalue weighted by Crippen LogP contribution is 2.22. The first kappa shape index (κ1) is 15.0. The molecular formula is C16H17BrFNO. The number of halogens is 2. The molecule has 0 spiro atoms. The molecule has 0 amide bonds. The van der Waals surface area contributed by atoms with Gasteiger partial charge in [0.1, 0.15) is 11.6 Å². The molecule has 2 aromatic rings. The molecule has 20 heavy (non-hydrogen) atoms. The molecule has 0 fully saturated rings. The maximum Gasteiger partial charge on any atom is 0.137 e. The highest BCUT2D eigenvalue weighted by molar-refractivity contribution is 9.10. The molecular weight excluding hydrogens is 321 g/mol. The lowest BCUT2D eigenvalue weighted by Crippen LogP contribution is -2.13. The molecule has 0 bridgehead atoms. The molecule has 4 heteroatoms. The molecule has 1 unspecified atom stereocenters. The smallest absolute Gasteiger partial charge is 0.137 e. The summed E-state index contributed by atoms with van der Waals surface area (Å²) < 4.78 is 19.0. The molecule has 0 aliphatic carbocycles. The Labute approximate surface area is 126 Å². The summed E-state index contributed by atoms with van der Waals surface area (Å²) in [6, 6.07) is 12.6. The van der Waals surface area contributed by atoms with Gasteiger partial charge in [0.25, 0.3) is 0 Å². The van der Waals surface area contributed by atoms with E-state index in [2.05, 4.69) is 15.9 Å². The quantitative estimate of drug-likeness (QED) is 0.886. The number of ether oxygens (including phenoxy) is 1. The molecule has 1 atom stereocenters. The van der Waals surface area contributed by atoms with Crippen molar-refractivity contribution in [2.75, 3.05) is 6.61 Å². The summed E-state index contributed by atoms with van der Waals surface area (Å²) in [5, 5.41) is 0. The second-order valence-corrected chi connectivity index (χ2v) is 5.42. The maximum atomic E-state index is 13.2. The van der Waals surface area contributed by atoms with Gasteiger partial charge in [0.2, 0.25) is 0 Å². The Bertz CT molecular complexity index is 571. The standard InChI is InChI=1S/C16H17BrFNO/c1-2-20-13-6-4-12(5-7-13)16(19)10-11-3-8-15(18)14(17)9-11/h3-9,16H,2,10,19H2,1H3. The van der Waals surface area contributed by atoms with E-state index < -0.39 is 0 Å². The fourth-order valence-corrected chi connectivity index (χ4v) is 2.44. The minimum atomic E-state index is -0.261. The molecule has 2 rings (SSSR count). The predicted molar refractivity (Wildman–Crippen MR) is 82.3 cm³/mol. The van der Waals surface area contributed by atoms with Crippen LogP contribution in [0.15, 0.2) is 46.9 Å². The summed E-state index contributed by atoms with van der Waals surface area (Å²) in [5.41, 5.74) is 8.23. The van der Waals surface area contributed by atoms with Crippen molar-refractivity contribution < 1.29 is 9.13 Å². The van der Waals surface area contributed by atoms with Gasteiger partial charge in [-0.3, -0.25) is 0 Å². The van der Waals surface area contributed by atoms with E-state index >= 15 is 0 Å². The Balaban J connectivity index is 2.06. The Morgan fingerprint density at radius 1 is 1.20 bits per heavy atom. The first-order valence-corrected chi connectivity index (χ1v) is 7.31. The molecule has 106 valence electrons. The van der Waals surface area contributed by atoms with Gasteiger partial charge in [-0.25, -0.2) is 4.39 Å². The van der Waals surface area contributed by atoms with Crippen LogP contribution in [0.4, 0.5) is 4.39 Å². The van der Waals surface area contributed by atoms with Crippen molar-refractivity contribution in [3.05, 3.63) is 63.9 Å². The van der Waals surface area contributed by atoms with E-state index in [0.717, 1.165) is 16.9 Å². The lowest BCUT2D eigenvalue weighted by molar-refractivity contribution is 0.340. The zero-order valence-corrected chi connectivity index (χ0v) is 12.9. The molecule has 0 saturated heterocycles. The number of rotatable bonds is 5. The van der Waals surface area contributed by atoms with Crippen LogP contribution in [0.5, 0.6) is 5.75 Å². The first-order valence-electron chi connectivity index (χ1n) is 6.52. The van der Waals surface area contributed by atoms with Crippen molar-refractivity contribution in [3.8, 4) is 5.75 Å². The summed E-state index contributed by atoms with van der Waals surface area (Å²) in [6.45, 7) is 2.60. The van der Waals surface area contributed by atoms with Crippen molar-refractivity contribution in [2.45, 2.75) is 19.4 Å². The van der Waals surface area contributed by atoms with E-state index in [1.807, 2.05) is 31.2 Å². The third-order valence-corrected chi connectivity index (χ3v) is 3.67. The minimum Gasteiger partial charge on any atom is -0.494 e. The third-order valence-electron chi connectivity index (χ3n) is 3.06. The van der Waals surface area contributed by atoms with E-state index in [1.165, 1.54) is 6.07 Å². The predicted octanol–water partition coefficient (Wildman–Crippen LogP) is 4.23. The third kappa shape index (κ3) is 3.81. The summed E-state index contributed by atoms with van der Waals surface area (Å²) >= 11 is 3.19. The number of nitrogens with two attached hydrogens (primary N) is 1. The number of hydrogen-bond donors (Lipinski definition) is 1. The Hall–Kier alpha value is -1.39. The van der Waals surface area contributed by atoms with Gasteiger partial charge in [0.15, 0.2) is 0 Å². The van der Waals surface area contributed by atoms with Crippen molar-refractivity contribution >= 4 is 15.9 Å². The van der Waals surface area contributed by atoms with Crippen LogP contribution in [0.2, 0.25) is 0 Å². The zero-order valence-electron chi connectivity index (χ0n) is 11.3. The van der Waals surface area contributed by atoms with E-state index in [4.69, 9.17) is 10.5 Å². The van der Waals surface area contributed by atoms with Gasteiger partial charge in [-0.2, -0.15) is 0 Å². The normalized spacial score (nSPS) is 12.2. The average molecular weight is 338 g/mol. The summed E-state index contributed by atoms with van der Waals surface area (Å²) in [5.74, 6) is 0.580. The summed E-state index contributed by atoms with van der Waals surface area (Å²) in [6.07, 6.45) is 0.660. The van der Waals surface area contributed by atoms with Gasteiger partial charge in [0, 0.05) is 6.04 Å². The Morgan fingerprint density at radius 2 is 1.90 bits per heavy atom.